The molecule has 0 amide bonds. The summed E-state index contributed by atoms with van der Waals surface area (Å²) in [6.07, 6.45) is 0. The van der Waals surface area contributed by atoms with Gasteiger partial charge in [0, 0.05) is 35.7 Å². The average Bonchev–Trinajstić information content (AvgIpc) is 2.88. The molecule has 1 N–H and O–H groups in total. The number of aryl methyl sites for hydroxylation is 2. The number of nitrogens with zero attached hydrogens (tertiary/aromatic N) is 1. The van der Waals surface area contributed by atoms with E-state index >= 15 is 0 Å². The van der Waals surface area contributed by atoms with Crippen LogP contribution in [0.15, 0.2) is 18.2 Å². The number of fused-ring (bicyclic) bond motifs is 1. The molecule has 22 heavy (non-hydrogen) atoms. The average molecular weight is 320 g/mol. The Balaban J connectivity index is 1.86. The van der Waals surface area contributed by atoms with Crippen molar-refractivity contribution in [3.05, 3.63) is 35.0 Å². The molecule has 0 saturated carbocycles. The summed E-state index contributed by atoms with van der Waals surface area (Å²) in [6.45, 7) is 9.49. The van der Waals surface area contributed by atoms with Gasteiger partial charge in [0.1, 0.15) is 0 Å². The highest BCUT2D eigenvalue weighted by molar-refractivity contribution is 7.92. The van der Waals surface area contributed by atoms with Gasteiger partial charge in [0.2, 0.25) is 0 Å². The molecule has 3 rings (SSSR count). The van der Waals surface area contributed by atoms with Gasteiger partial charge < -0.3 is 4.98 Å². The van der Waals surface area contributed by atoms with Crippen LogP contribution in [0.5, 0.6) is 0 Å². The smallest absolute Gasteiger partial charge is 0.155 e. The van der Waals surface area contributed by atoms with Gasteiger partial charge in [-0.2, -0.15) is 0 Å². The van der Waals surface area contributed by atoms with Gasteiger partial charge in [0.05, 0.1) is 11.0 Å². The van der Waals surface area contributed by atoms with E-state index in [1.807, 2.05) is 13.8 Å². The number of sulfone groups is 1. The standard InChI is InChI=1S/C17H24N2O2S/c1-11-5-6-17-16(12(11)2)9-15(18-17)10-19-7-8-22(20,21)14(4)13(19)3/h5-6,9,13-14,18H,7-8,10H2,1-4H3. The van der Waals surface area contributed by atoms with Crippen LogP contribution in [-0.4, -0.2) is 41.9 Å². The Hall–Kier alpha value is -1.33. The molecule has 1 aromatic heterocycles. The van der Waals surface area contributed by atoms with Crippen LogP contribution in [0.1, 0.15) is 30.7 Å². The summed E-state index contributed by atoms with van der Waals surface area (Å²) in [5.41, 5.74) is 4.91. The highest BCUT2D eigenvalue weighted by atomic mass is 32.2. The van der Waals surface area contributed by atoms with Crippen molar-refractivity contribution in [2.24, 2.45) is 0 Å². The van der Waals surface area contributed by atoms with Crippen molar-refractivity contribution in [2.75, 3.05) is 12.3 Å². The van der Waals surface area contributed by atoms with Crippen molar-refractivity contribution in [3.8, 4) is 0 Å². The van der Waals surface area contributed by atoms with Crippen LogP contribution >= 0.6 is 0 Å². The largest absolute Gasteiger partial charge is 0.357 e. The third kappa shape index (κ3) is 2.57. The van der Waals surface area contributed by atoms with Crippen molar-refractivity contribution in [3.63, 3.8) is 0 Å². The maximum absolute atomic E-state index is 12.0. The first-order valence-electron chi connectivity index (χ1n) is 7.83. The van der Waals surface area contributed by atoms with Gasteiger partial charge in [-0.15, -0.1) is 0 Å². The lowest BCUT2D eigenvalue weighted by molar-refractivity contribution is 0.195. The monoisotopic (exact) mass is 320 g/mol. The van der Waals surface area contributed by atoms with Crippen molar-refractivity contribution in [2.45, 2.75) is 45.5 Å². The minimum Gasteiger partial charge on any atom is -0.357 e. The lowest BCUT2D eigenvalue weighted by Gasteiger charge is -2.37. The minimum absolute atomic E-state index is 0.0491. The minimum atomic E-state index is -2.92. The first kappa shape index (κ1) is 15.6. The summed E-state index contributed by atoms with van der Waals surface area (Å²) in [5.74, 6) is 0.261. The number of benzene rings is 1. The maximum Gasteiger partial charge on any atom is 0.155 e. The van der Waals surface area contributed by atoms with E-state index in [2.05, 4.69) is 41.9 Å². The van der Waals surface area contributed by atoms with E-state index in [1.165, 1.54) is 16.5 Å². The molecule has 120 valence electrons. The van der Waals surface area contributed by atoms with Crippen LogP contribution in [0, 0.1) is 13.8 Å². The van der Waals surface area contributed by atoms with Gasteiger partial charge in [-0.3, -0.25) is 4.90 Å². The normalized spacial score (nSPS) is 25.6. The van der Waals surface area contributed by atoms with Crippen LogP contribution in [0.3, 0.4) is 0 Å². The Morgan fingerprint density at radius 2 is 2.00 bits per heavy atom. The third-order valence-corrected chi connectivity index (χ3v) is 7.54. The molecular weight excluding hydrogens is 296 g/mol. The second kappa shape index (κ2) is 5.39. The molecule has 1 aliphatic rings. The predicted octanol–water partition coefficient (Wildman–Crippen LogP) is 2.79. The first-order chi connectivity index (χ1) is 10.3. The molecule has 1 aliphatic heterocycles. The summed E-state index contributed by atoms with van der Waals surface area (Å²) >= 11 is 0. The van der Waals surface area contributed by atoms with Crippen LogP contribution in [-0.2, 0) is 16.4 Å². The topological polar surface area (TPSA) is 53.2 Å². The zero-order chi connectivity index (χ0) is 16.1. The van der Waals surface area contributed by atoms with E-state index in [-0.39, 0.29) is 17.0 Å². The summed E-state index contributed by atoms with van der Waals surface area (Å²) < 4.78 is 24.0. The van der Waals surface area contributed by atoms with E-state index in [1.54, 1.807) is 0 Å². The highest BCUT2D eigenvalue weighted by Gasteiger charge is 2.35. The molecule has 0 bridgehead atoms. The molecule has 2 aromatic rings. The van der Waals surface area contributed by atoms with E-state index in [9.17, 15) is 8.42 Å². The fourth-order valence-corrected chi connectivity index (χ4v) is 4.91. The van der Waals surface area contributed by atoms with Gasteiger partial charge >= 0.3 is 0 Å². The van der Waals surface area contributed by atoms with Gasteiger partial charge in [-0.25, -0.2) is 8.42 Å². The zero-order valence-corrected chi connectivity index (χ0v) is 14.5. The molecule has 1 saturated heterocycles. The quantitative estimate of drug-likeness (QED) is 0.926. The van der Waals surface area contributed by atoms with E-state index in [0.717, 1.165) is 17.8 Å². The fraction of sp³-hybridized carbons (Fsp3) is 0.529. The molecule has 2 heterocycles. The number of hydrogen-bond acceptors (Lipinski definition) is 3. The second-order valence-electron chi connectivity index (χ2n) is 6.55. The Morgan fingerprint density at radius 3 is 2.73 bits per heavy atom. The molecule has 1 fully saturated rings. The molecule has 0 aliphatic carbocycles. The molecule has 2 atom stereocenters. The number of aromatic nitrogens is 1. The Bertz CT molecular complexity index is 807. The fourth-order valence-electron chi connectivity index (χ4n) is 3.27. The Labute approximate surface area is 132 Å². The SMILES string of the molecule is Cc1ccc2[nH]c(CN3CCS(=O)(=O)C(C)C3C)cc2c1C. The molecule has 0 spiro atoms. The van der Waals surface area contributed by atoms with Gasteiger partial charge in [0.15, 0.2) is 9.84 Å². The molecule has 2 unspecified atom stereocenters. The number of hydrogen-bond donors (Lipinski definition) is 1. The van der Waals surface area contributed by atoms with Gasteiger partial charge in [0.25, 0.3) is 0 Å². The van der Waals surface area contributed by atoms with Crippen molar-refractivity contribution in [1.82, 2.24) is 9.88 Å². The van der Waals surface area contributed by atoms with Crippen LogP contribution < -0.4 is 0 Å². The Kier molecular flexibility index (Phi) is 3.81. The second-order valence-corrected chi connectivity index (χ2v) is 9.02. The summed E-state index contributed by atoms with van der Waals surface area (Å²) in [4.78, 5) is 5.74. The van der Waals surface area contributed by atoms with E-state index in [4.69, 9.17) is 0 Å². The van der Waals surface area contributed by atoms with Crippen LogP contribution in [0.2, 0.25) is 0 Å². The highest BCUT2D eigenvalue weighted by Crippen LogP contribution is 2.25. The first-order valence-corrected chi connectivity index (χ1v) is 9.54. The molecule has 5 heteroatoms. The number of H-pyrrole nitrogens is 1. The summed E-state index contributed by atoms with van der Waals surface area (Å²) in [7, 11) is -2.92. The van der Waals surface area contributed by atoms with Crippen LogP contribution in [0.25, 0.3) is 10.9 Å². The van der Waals surface area contributed by atoms with Crippen LogP contribution in [0.4, 0.5) is 0 Å². The van der Waals surface area contributed by atoms with Crippen molar-refractivity contribution >= 4 is 20.7 Å². The number of aromatic amines is 1. The lowest BCUT2D eigenvalue weighted by Crippen LogP contribution is -2.51. The molecule has 0 radical (unpaired) electrons. The lowest BCUT2D eigenvalue weighted by atomic mass is 10.1. The van der Waals surface area contributed by atoms with Gasteiger partial charge in [-0.05, 0) is 51.0 Å². The maximum atomic E-state index is 12.0. The number of rotatable bonds is 2. The number of nitrogens with one attached hydrogen (secondary N) is 1. The molecule has 4 nitrogen and oxygen atoms in total. The zero-order valence-electron chi connectivity index (χ0n) is 13.7. The van der Waals surface area contributed by atoms with E-state index < -0.39 is 9.84 Å². The van der Waals surface area contributed by atoms with Gasteiger partial charge in [-0.1, -0.05) is 6.07 Å². The van der Waals surface area contributed by atoms with Crippen molar-refractivity contribution in [1.29, 1.82) is 0 Å². The Morgan fingerprint density at radius 1 is 1.27 bits per heavy atom. The van der Waals surface area contributed by atoms with E-state index in [0.29, 0.717) is 6.54 Å². The predicted molar refractivity (Wildman–Crippen MR) is 90.9 cm³/mol. The molecular formula is C17H24N2O2S. The van der Waals surface area contributed by atoms with Crippen molar-refractivity contribution < 1.29 is 8.42 Å². The summed E-state index contributed by atoms with van der Waals surface area (Å²) in [5, 5.41) is 0.968. The summed E-state index contributed by atoms with van der Waals surface area (Å²) in [6, 6.07) is 6.51. The molecule has 1 aromatic carbocycles. The third-order valence-electron chi connectivity index (χ3n) is 5.26.